The first-order valence-electron chi connectivity index (χ1n) is 5.39. The Labute approximate surface area is 92.2 Å². The predicted octanol–water partition coefficient (Wildman–Crippen LogP) is 3.43. The molecule has 0 heterocycles. The molecule has 0 aliphatic heterocycles. The van der Waals surface area contributed by atoms with E-state index in [9.17, 15) is 0 Å². The van der Waals surface area contributed by atoms with E-state index in [0.717, 1.165) is 12.4 Å². The Balaban J connectivity index is 2.54. The van der Waals surface area contributed by atoms with E-state index in [1.807, 2.05) is 24.3 Å². The highest BCUT2D eigenvalue weighted by atomic mass is 16.5. The minimum absolute atomic E-state index is 0.151. The van der Waals surface area contributed by atoms with Crippen LogP contribution < -0.4 is 4.74 Å². The van der Waals surface area contributed by atoms with Gasteiger partial charge in [-0.05, 0) is 30.5 Å². The van der Waals surface area contributed by atoms with Gasteiger partial charge < -0.3 is 9.47 Å². The zero-order valence-corrected chi connectivity index (χ0v) is 9.99. The van der Waals surface area contributed by atoms with E-state index in [-0.39, 0.29) is 6.10 Å². The summed E-state index contributed by atoms with van der Waals surface area (Å²) in [5, 5.41) is 0. The van der Waals surface area contributed by atoms with Crippen LogP contribution >= 0.6 is 0 Å². The van der Waals surface area contributed by atoms with Gasteiger partial charge in [0.2, 0.25) is 0 Å². The molecule has 15 heavy (non-hydrogen) atoms. The van der Waals surface area contributed by atoms with E-state index in [0.29, 0.717) is 5.92 Å². The lowest BCUT2D eigenvalue weighted by molar-refractivity contribution is 0.0469. The molecule has 0 amide bonds. The molecule has 0 aliphatic carbocycles. The maximum Gasteiger partial charge on any atom is 0.118 e. The summed E-state index contributed by atoms with van der Waals surface area (Å²) in [5.41, 5.74) is 1.19. The van der Waals surface area contributed by atoms with Crippen LogP contribution in [-0.4, -0.2) is 13.7 Å². The quantitative estimate of drug-likeness (QED) is 0.738. The molecule has 0 saturated carbocycles. The molecule has 1 aromatic carbocycles. The number of ether oxygens (including phenoxy) is 2. The van der Waals surface area contributed by atoms with Crippen molar-refractivity contribution in [2.45, 2.75) is 26.9 Å². The summed E-state index contributed by atoms with van der Waals surface area (Å²) in [7, 11) is 1.67. The van der Waals surface area contributed by atoms with Gasteiger partial charge in [0.05, 0.1) is 13.2 Å². The van der Waals surface area contributed by atoms with Crippen molar-refractivity contribution in [3.05, 3.63) is 29.8 Å². The first-order chi connectivity index (χ1) is 7.13. The van der Waals surface area contributed by atoms with Crippen LogP contribution in [0.3, 0.4) is 0 Å². The monoisotopic (exact) mass is 208 g/mol. The van der Waals surface area contributed by atoms with E-state index < -0.39 is 0 Å². The maximum absolute atomic E-state index is 5.72. The summed E-state index contributed by atoms with van der Waals surface area (Å²) >= 11 is 0. The smallest absolute Gasteiger partial charge is 0.118 e. The van der Waals surface area contributed by atoms with Crippen LogP contribution in [0.4, 0.5) is 0 Å². The molecule has 0 radical (unpaired) electrons. The van der Waals surface area contributed by atoms with Crippen molar-refractivity contribution in [2.24, 2.45) is 5.92 Å². The van der Waals surface area contributed by atoms with E-state index in [2.05, 4.69) is 20.8 Å². The highest BCUT2D eigenvalue weighted by Gasteiger charge is 2.06. The van der Waals surface area contributed by atoms with Gasteiger partial charge in [-0.2, -0.15) is 0 Å². The molecule has 0 N–H and O–H groups in total. The molecule has 0 saturated heterocycles. The molecule has 0 aromatic heterocycles. The lowest BCUT2D eigenvalue weighted by atomic mass is 10.1. The Morgan fingerprint density at radius 3 is 2.13 bits per heavy atom. The highest BCUT2D eigenvalue weighted by molar-refractivity contribution is 5.28. The average Bonchev–Trinajstić information content (AvgIpc) is 2.26. The molecule has 0 spiro atoms. The first-order valence-corrected chi connectivity index (χ1v) is 5.39. The van der Waals surface area contributed by atoms with Crippen LogP contribution in [0.25, 0.3) is 0 Å². The van der Waals surface area contributed by atoms with Crippen LogP contribution in [-0.2, 0) is 4.74 Å². The number of hydrogen-bond acceptors (Lipinski definition) is 2. The summed E-state index contributed by atoms with van der Waals surface area (Å²) in [5.74, 6) is 1.46. The molecular formula is C13H20O2. The number of methoxy groups -OCH3 is 1. The third-order valence-corrected chi connectivity index (χ3v) is 2.26. The average molecular weight is 208 g/mol. The second kappa shape index (κ2) is 5.76. The van der Waals surface area contributed by atoms with Gasteiger partial charge in [0, 0.05) is 6.61 Å². The number of rotatable bonds is 5. The Morgan fingerprint density at radius 1 is 1.07 bits per heavy atom. The minimum Gasteiger partial charge on any atom is -0.497 e. The number of hydrogen-bond donors (Lipinski definition) is 0. The van der Waals surface area contributed by atoms with Crippen molar-refractivity contribution in [1.82, 2.24) is 0 Å². The molecule has 2 heteroatoms. The summed E-state index contributed by atoms with van der Waals surface area (Å²) in [6.07, 6.45) is 0.151. The van der Waals surface area contributed by atoms with Crippen LogP contribution in [0.2, 0.25) is 0 Å². The Bertz CT molecular complexity index is 277. The fraction of sp³-hybridized carbons (Fsp3) is 0.538. The third kappa shape index (κ3) is 3.92. The van der Waals surface area contributed by atoms with Gasteiger partial charge in [-0.15, -0.1) is 0 Å². The van der Waals surface area contributed by atoms with Crippen molar-refractivity contribution >= 4 is 0 Å². The molecule has 0 aliphatic rings. The first kappa shape index (κ1) is 12.1. The third-order valence-electron chi connectivity index (χ3n) is 2.26. The molecule has 1 atom stereocenters. The standard InChI is InChI=1S/C13H20O2/c1-10(2)9-15-11(3)12-5-7-13(14-4)8-6-12/h5-8,10-11H,9H2,1-4H3. The largest absolute Gasteiger partial charge is 0.497 e. The lowest BCUT2D eigenvalue weighted by Crippen LogP contribution is -2.06. The second-order valence-corrected chi connectivity index (χ2v) is 4.14. The second-order valence-electron chi connectivity index (χ2n) is 4.14. The van der Waals surface area contributed by atoms with Crippen LogP contribution in [0, 0.1) is 5.92 Å². The molecular weight excluding hydrogens is 188 g/mol. The lowest BCUT2D eigenvalue weighted by Gasteiger charge is -2.15. The normalized spacial score (nSPS) is 12.9. The van der Waals surface area contributed by atoms with Gasteiger partial charge >= 0.3 is 0 Å². The van der Waals surface area contributed by atoms with Gasteiger partial charge in [-0.1, -0.05) is 26.0 Å². The fourth-order valence-electron chi connectivity index (χ4n) is 1.31. The van der Waals surface area contributed by atoms with E-state index in [1.165, 1.54) is 5.56 Å². The van der Waals surface area contributed by atoms with Gasteiger partial charge in [-0.25, -0.2) is 0 Å². The summed E-state index contributed by atoms with van der Waals surface area (Å²) < 4.78 is 10.8. The topological polar surface area (TPSA) is 18.5 Å². The Hall–Kier alpha value is -1.02. The van der Waals surface area contributed by atoms with Gasteiger partial charge in [0.1, 0.15) is 5.75 Å². The highest BCUT2D eigenvalue weighted by Crippen LogP contribution is 2.20. The molecule has 0 bridgehead atoms. The molecule has 0 fully saturated rings. The maximum atomic E-state index is 5.72. The van der Waals surface area contributed by atoms with Crippen molar-refractivity contribution in [1.29, 1.82) is 0 Å². The number of benzene rings is 1. The summed E-state index contributed by atoms with van der Waals surface area (Å²) in [4.78, 5) is 0. The van der Waals surface area contributed by atoms with E-state index in [1.54, 1.807) is 7.11 Å². The molecule has 84 valence electrons. The summed E-state index contributed by atoms with van der Waals surface area (Å²) in [6, 6.07) is 8.02. The van der Waals surface area contributed by atoms with Gasteiger partial charge in [0.15, 0.2) is 0 Å². The van der Waals surface area contributed by atoms with Gasteiger partial charge in [-0.3, -0.25) is 0 Å². The molecule has 2 nitrogen and oxygen atoms in total. The van der Waals surface area contributed by atoms with Crippen LogP contribution in [0.15, 0.2) is 24.3 Å². The van der Waals surface area contributed by atoms with Crippen molar-refractivity contribution in [3.63, 3.8) is 0 Å². The van der Waals surface area contributed by atoms with Crippen LogP contribution in [0.1, 0.15) is 32.4 Å². The van der Waals surface area contributed by atoms with E-state index >= 15 is 0 Å². The van der Waals surface area contributed by atoms with Crippen molar-refractivity contribution in [2.75, 3.05) is 13.7 Å². The zero-order valence-electron chi connectivity index (χ0n) is 9.99. The minimum atomic E-state index is 0.151. The zero-order chi connectivity index (χ0) is 11.3. The Kier molecular flexibility index (Phi) is 4.63. The Morgan fingerprint density at radius 2 is 1.67 bits per heavy atom. The van der Waals surface area contributed by atoms with Crippen molar-refractivity contribution in [3.8, 4) is 5.75 Å². The van der Waals surface area contributed by atoms with Crippen LogP contribution in [0.5, 0.6) is 5.75 Å². The van der Waals surface area contributed by atoms with Crippen molar-refractivity contribution < 1.29 is 9.47 Å². The molecule has 1 aromatic rings. The molecule has 1 unspecified atom stereocenters. The van der Waals surface area contributed by atoms with E-state index in [4.69, 9.17) is 9.47 Å². The molecule has 1 rings (SSSR count). The predicted molar refractivity (Wildman–Crippen MR) is 62.2 cm³/mol. The summed E-state index contributed by atoms with van der Waals surface area (Å²) in [6.45, 7) is 7.18. The SMILES string of the molecule is COc1ccc(C(C)OCC(C)C)cc1. The van der Waals surface area contributed by atoms with Gasteiger partial charge in [0.25, 0.3) is 0 Å². The fourth-order valence-corrected chi connectivity index (χ4v) is 1.31.